The lowest BCUT2D eigenvalue weighted by Gasteiger charge is -2.13. The van der Waals surface area contributed by atoms with Crippen molar-refractivity contribution in [3.8, 4) is 0 Å². The van der Waals surface area contributed by atoms with Gasteiger partial charge in [0.1, 0.15) is 4.88 Å². The summed E-state index contributed by atoms with van der Waals surface area (Å²) in [6.45, 7) is 3.70. The molecule has 1 N–H and O–H groups in total. The largest absolute Gasteiger partial charge is 0.477 e. The normalized spacial score (nSPS) is 19.7. The van der Waals surface area contributed by atoms with Gasteiger partial charge in [0.15, 0.2) is 0 Å². The second kappa shape index (κ2) is 4.53. The van der Waals surface area contributed by atoms with Crippen molar-refractivity contribution in [2.45, 2.75) is 26.8 Å². The van der Waals surface area contributed by atoms with E-state index in [1.54, 1.807) is 13.8 Å². The van der Waals surface area contributed by atoms with E-state index >= 15 is 0 Å². The van der Waals surface area contributed by atoms with Crippen LogP contribution in [0, 0.1) is 12.8 Å². The molecule has 1 fully saturated rings. The van der Waals surface area contributed by atoms with Gasteiger partial charge in [-0.2, -0.15) is 0 Å². The zero-order valence-corrected chi connectivity index (χ0v) is 10.9. The first-order valence-electron chi connectivity index (χ1n) is 5.57. The minimum absolute atomic E-state index is 0.178. The van der Waals surface area contributed by atoms with E-state index in [2.05, 4.69) is 0 Å². The topological polar surface area (TPSA) is 74.7 Å². The summed E-state index contributed by atoms with van der Waals surface area (Å²) in [5.41, 5.74) is 0.730. The number of hydrogen-bond acceptors (Lipinski definition) is 4. The van der Waals surface area contributed by atoms with E-state index in [4.69, 9.17) is 5.11 Å². The number of thiophene rings is 1. The SMILES string of the molecule is Cc1sc(C(=O)O)cc1CN1C(=O)CC(C)C1=O. The van der Waals surface area contributed by atoms with E-state index in [9.17, 15) is 14.4 Å². The average Bonchev–Trinajstić information content (AvgIpc) is 2.76. The summed E-state index contributed by atoms with van der Waals surface area (Å²) in [5.74, 6) is -1.62. The van der Waals surface area contributed by atoms with Gasteiger partial charge in [0, 0.05) is 17.2 Å². The molecule has 0 aliphatic carbocycles. The Labute approximate surface area is 108 Å². The third-order valence-corrected chi connectivity index (χ3v) is 4.11. The maximum absolute atomic E-state index is 11.8. The van der Waals surface area contributed by atoms with Crippen molar-refractivity contribution in [1.29, 1.82) is 0 Å². The number of likely N-dealkylation sites (tertiary alicyclic amines) is 1. The monoisotopic (exact) mass is 267 g/mol. The molecule has 96 valence electrons. The van der Waals surface area contributed by atoms with Gasteiger partial charge in [0.2, 0.25) is 11.8 Å². The Morgan fingerprint density at radius 3 is 2.67 bits per heavy atom. The van der Waals surface area contributed by atoms with Crippen molar-refractivity contribution in [2.75, 3.05) is 0 Å². The first kappa shape index (κ1) is 12.8. The Hall–Kier alpha value is -1.69. The highest BCUT2D eigenvalue weighted by molar-refractivity contribution is 7.14. The zero-order valence-electron chi connectivity index (χ0n) is 10.1. The highest BCUT2D eigenvalue weighted by atomic mass is 32.1. The molecule has 0 spiro atoms. The van der Waals surface area contributed by atoms with Crippen molar-refractivity contribution in [3.05, 3.63) is 21.4 Å². The van der Waals surface area contributed by atoms with Crippen LogP contribution in [0.4, 0.5) is 0 Å². The van der Waals surface area contributed by atoms with E-state index in [1.165, 1.54) is 11.0 Å². The number of nitrogens with zero attached hydrogens (tertiary/aromatic N) is 1. The van der Waals surface area contributed by atoms with Gasteiger partial charge in [-0.25, -0.2) is 4.79 Å². The summed E-state index contributed by atoms with van der Waals surface area (Å²) in [4.78, 5) is 36.5. The fourth-order valence-electron chi connectivity index (χ4n) is 1.97. The van der Waals surface area contributed by atoms with Gasteiger partial charge >= 0.3 is 5.97 Å². The van der Waals surface area contributed by atoms with Gasteiger partial charge in [-0.05, 0) is 18.6 Å². The number of rotatable bonds is 3. The zero-order chi connectivity index (χ0) is 13.4. The number of carboxylic acid groups (broad SMARTS) is 1. The highest BCUT2D eigenvalue weighted by Gasteiger charge is 2.35. The molecular formula is C12H13NO4S. The molecule has 0 radical (unpaired) electrons. The molecule has 1 atom stereocenters. The fraction of sp³-hybridized carbons (Fsp3) is 0.417. The van der Waals surface area contributed by atoms with Gasteiger partial charge in [0.05, 0.1) is 6.54 Å². The van der Waals surface area contributed by atoms with Crippen molar-refractivity contribution < 1.29 is 19.5 Å². The summed E-state index contributed by atoms with van der Waals surface area (Å²) < 4.78 is 0. The van der Waals surface area contributed by atoms with Crippen LogP contribution in [0.3, 0.4) is 0 Å². The number of hydrogen-bond donors (Lipinski definition) is 1. The summed E-state index contributed by atoms with van der Waals surface area (Å²) in [7, 11) is 0. The van der Waals surface area contributed by atoms with E-state index in [1.807, 2.05) is 0 Å². The molecule has 1 aliphatic heterocycles. The van der Waals surface area contributed by atoms with Crippen molar-refractivity contribution in [2.24, 2.45) is 5.92 Å². The lowest BCUT2D eigenvalue weighted by Crippen LogP contribution is -2.29. The van der Waals surface area contributed by atoms with Crippen LogP contribution in [-0.4, -0.2) is 27.8 Å². The summed E-state index contributed by atoms with van der Waals surface area (Å²) in [5, 5.41) is 8.89. The Kier molecular flexibility index (Phi) is 3.21. The molecule has 18 heavy (non-hydrogen) atoms. The number of carbonyl (C=O) groups is 3. The van der Waals surface area contributed by atoms with Gasteiger partial charge in [-0.3, -0.25) is 14.5 Å². The van der Waals surface area contributed by atoms with Gasteiger partial charge < -0.3 is 5.11 Å². The molecule has 6 heteroatoms. The smallest absolute Gasteiger partial charge is 0.345 e. The van der Waals surface area contributed by atoms with Gasteiger partial charge in [-0.15, -0.1) is 11.3 Å². The van der Waals surface area contributed by atoms with Crippen LogP contribution in [0.25, 0.3) is 0 Å². The Balaban J connectivity index is 2.22. The Morgan fingerprint density at radius 1 is 1.56 bits per heavy atom. The van der Waals surface area contributed by atoms with E-state index in [-0.39, 0.29) is 35.6 Å². The number of aromatic carboxylic acids is 1. The molecule has 1 aromatic heterocycles. The second-order valence-corrected chi connectivity index (χ2v) is 5.68. The highest BCUT2D eigenvalue weighted by Crippen LogP contribution is 2.26. The molecule has 1 unspecified atom stereocenters. The third kappa shape index (κ3) is 2.15. The van der Waals surface area contributed by atoms with Crippen molar-refractivity contribution in [3.63, 3.8) is 0 Å². The van der Waals surface area contributed by atoms with Crippen LogP contribution < -0.4 is 0 Å². The van der Waals surface area contributed by atoms with E-state index in [0.29, 0.717) is 0 Å². The first-order chi connectivity index (χ1) is 8.40. The van der Waals surface area contributed by atoms with Gasteiger partial charge in [0.25, 0.3) is 0 Å². The molecule has 1 aliphatic rings. The van der Waals surface area contributed by atoms with Crippen LogP contribution in [0.1, 0.15) is 33.5 Å². The molecule has 2 amide bonds. The average molecular weight is 267 g/mol. The second-order valence-electron chi connectivity index (χ2n) is 4.42. The summed E-state index contributed by atoms with van der Waals surface area (Å²) in [6, 6.07) is 1.53. The number of carboxylic acids is 1. The quantitative estimate of drug-likeness (QED) is 0.845. The molecule has 2 heterocycles. The number of amides is 2. The van der Waals surface area contributed by atoms with Crippen molar-refractivity contribution >= 4 is 29.1 Å². The molecule has 2 rings (SSSR count). The molecule has 1 saturated heterocycles. The van der Waals surface area contributed by atoms with Crippen LogP contribution in [0.15, 0.2) is 6.07 Å². The first-order valence-corrected chi connectivity index (χ1v) is 6.38. The molecule has 0 aromatic carbocycles. The summed E-state index contributed by atoms with van der Waals surface area (Å²) in [6.07, 6.45) is 0.244. The van der Waals surface area contributed by atoms with Crippen LogP contribution >= 0.6 is 11.3 Å². The minimum Gasteiger partial charge on any atom is -0.477 e. The molecular weight excluding hydrogens is 254 g/mol. The molecule has 0 bridgehead atoms. The predicted molar refractivity (Wildman–Crippen MR) is 65.4 cm³/mol. The maximum Gasteiger partial charge on any atom is 0.345 e. The molecule has 1 aromatic rings. The Morgan fingerprint density at radius 2 is 2.22 bits per heavy atom. The molecule has 5 nitrogen and oxygen atoms in total. The number of carbonyl (C=O) groups excluding carboxylic acids is 2. The Bertz CT molecular complexity index is 534. The maximum atomic E-state index is 11.8. The number of aryl methyl sites for hydroxylation is 1. The summed E-state index contributed by atoms with van der Waals surface area (Å²) >= 11 is 1.16. The minimum atomic E-state index is -0.984. The van der Waals surface area contributed by atoms with Crippen LogP contribution in [0.5, 0.6) is 0 Å². The van der Waals surface area contributed by atoms with Crippen LogP contribution in [0.2, 0.25) is 0 Å². The standard InChI is InChI=1S/C12H13NO4S/c1-6-3-10(14)13(11(6)15)5-8-4-9(12(16)17)18-7(8)2/h4,6H,3,5H2,1-2H3,(H,16,17). The lowest BCUT2D eigenvalue weighted by atomic mass is 10.1. The lowest BCUT2D eigenvalue weighted by molar-refractivity contribution is -0.139. The molecule has 0 saturated carbocycles. The van der Waals surface area contributed by atoms with Crippen LogP contribution in [-0.2, 0) is 16.1 Å². The third-order valence-electron chi connectivity index (χ3n) is 3.03. The van der Waals surface area contributed by atoms with E-state index in [0.717, 1.165) is 21.8 Å². The predicted octanol–water partition coefficient (Wildman–Crippen LogP) is 1.65. The van der Waals surface area contributed by atoms with E-state index < -0.39 is 5.97 Å². The number of imide groups is 1. The van der Waals surface area contributed by atoms with Gasteiger partial charge in [-0.1, -0.05) is 6.92 Å². The fourth-order valence-corrected chi connectivity index (χ4v) is 2.84. The van der Waals surface area contributed by atoms with Crippen molar-refractivity contribution in [1.82, 2.24) is 4.90 Å².